The van der Waals surface area contributed by atoms with Gasteiger partial charge in [-0.25, -0.2) is 0 Å². The van der Waals surface area contributed by atoms with Gasteiger partial charge >= 0.3 is 0 Å². The maximum absolute atomic E-state index is 6.10. The first-order valence-electron chi connectivity index (χ1n) is 4.90. The largest absolute Gasteiger partial charge is 0.372 e. The van der Waals surface area contributed by atoms with E-state index in [1.807, 2.05) is 20.0 Å². The number of hydrogen-bond acceptors (Lipinski definition) is 2. The monoisotopic (exact) mass is 247 g/mol. The molecule has 0 saturated heterocycles. The third kappa shape index (κ3) is 3.65. The summed E-state index contributed by atoms with van der Waals surface area (Å²) in [6.45, 7) is 3.32. The van der Waals surface area contributed by atoms with E-state index < -0.39 is 0 Å². The van der Waals surface area contributed by atoms with E-state index in [1.54, 1.807) is 12.1 Å². The summed E-state index contributed by atoms with van der Waals surface area (Å²) in [6.07, 6.45) is -0.0498. The van der Waals surface area contributed by atoms with Gasteiger partial charge in [0, 0.05) is 28.8 Å². The van der Waals surface area contributed by atoms with E-state index in [0.29, 0.717) is 23.2 Å². The van der Waals surface area contributed by atoms with Gasteiger partial charge in [-0.1, -0.05) is 23.2 Å². The van der Waals surface area contributed by atoms with Gasteiger partial charge in [-0.2, -0.15) is 0 Å². The normalized spacial score (nSPS) is 12.8. The van der Waals surface area contributed by atoms with Crippen LogP contribution < -0.4 is 5.32 Å². The van der Waals surface area contributed by atoms with Crippen molar-refractivity contribution in [1.82, 2.24) is 5.32 Å². The van der Waals surface area contributed by atoms with Crippen molar-refractivity contribution in [2.75, 3.05) is 20.2 Å². The average molecular weight is 248 g/mol. The van der Waals surface area contributed by atoms with Crippen LogP contribution in [0.25, 0.3) is 0 Å². The fourth-order valence-electron chi connectivity index (χ4n) is 1.41. The Morgan fingerprint density at radius 1 is 1.40 bits per heavy atom. The van der Waals surface area contributed by atoms with Crippen LogP contribution in [0.3, 0.4) is 0 Å². The average Bonchev–Trinajstić information content (AvgIpc) is 2.21. The van der Waals surface area contributed by atoms with E-state index in [9.17, 15) is 0 Å². The highest BCUT2D eigenvalue weighted by atomic mass is 35.5. The van der Waals surface area contributed by atoms with Crippen LogP contribution >= 0.6 is 23.2 Å². The molecule has 4 heteroatoms. The molecule has 0 unspecified atom stereocenters. The molecule has 0 amide bonds. The van der Waals surface area contributed by atoms with Gasteiger partial charge < -0.3 is 10.1 Å². The smallest absolute Gasteiger partial charge is 0.0963 e. The van der Waals surface area contributed by atoms with Gasteiger partial charge in [0.15, 0.2) is 0 Å². The molecule has 2 nitrogen and oxygen atoms in total. The molecule has 15 heavy (non-hydrogen) atoms. The van der Waals surface area contributed by atoms with Crippen molar-refractivity contribution < 1.29 is 4.74 Å². The molecular weight excluding hydrogens is 233 g/mol. The molecule has 1 aromatic carbocycles. The Bertz CT molecular complexity index is 311. The van der Waals surface area contributed by atoms with Crippen molar-refractivity contribution in [2.45, 2.75) is 13.0 Å². The van der Waals surface area contributed by atoms with Crippen LogP contribution in [0, 0.1) is 0 Å². The highest BCUT2D eigenvalue weighted by molar-refractivity contribution is 6.33. The van der Waals surface area contributed by atoms with Crippen LogP contribution in [0.15, 0.2) is 18.2 Å². The summed E-state index contributed by atoms with van der Waals surface area (Å²) in [5.41, 5.74) is 0.931. The summed E-state index contributed by atoms with van der Waals surface area (Å²) in [4.78, 5) is 0. The Labute approximate surface area is 101 Å². The lowest BCUT2D eigenvalue weighted by molar-refractivity contribution is 0.0639. The molecule has 0 spiro atoms. The Morgan fingerprint density at radius 3 is 2.73 bits per heavy atom. The zero-order chi connectivity index (χ0) is 11.3. The SMILES string of the molecule is CCO[C@@H](CNC)c1cc(Cl)ccc1Cl. The van der Waals surface area contributed by atoms with Gasteiger partial charge in [0.25, 0.3) is 0 Å². The number of likely N-dealkylation sites (N-methyl/N-ethyl adjacent to an activating group) is 1. The highest BCUT2D eigenvalue weighted by Gasteiger charge is 2.14. The summed E-state index contributed by atoms with van der Waals surface area (Å²) >= 11 is 12.0. The van der Waals surface area contributed by atoms with Gasteiger partial charge in [-0.3, -0.25) is 0 Å². The third-order valence-corrected chi connectivity index (χ3v) is 2.64. The summed E-state index contributed by atoms with van der Waals surface area (Å²) in [5.74, 6) is 0. The molecule has 0 heterocycles. The molecule has 0 aromatic heterocycles. The molecule has 0 radical (unpaired) electrons. The van der Waals surface area contributed by atoms with Crippen molar-refractivity contribution in [2.24, 2.45) is 0 Å². The summed E-state index contributed by atoms with van der Waals surface area (Å²) < 4.78 is 5.60. The minimum absolute atomic E-state index is 0.0498. The quantitative estimate of drug-likeness (QED) is 0.863. The van der Waals surface area contributed by atoms with E-state index in [4.69, 9.17) is 27.9 Å². The molecule has 0 fully saturated rings. The molecule has 1 rings (SSSR count). The Kier molecular flexibility index (Phi) is 5.40. The molecule has 1 N–H and O–H groups in total. The highest BCUT2D eigenvalue weighted by Crippen LogP contribution is 2.28. The van der Waals surface area contributed by atoms with Gasteiger partial charge in [0.05, 0.1) is 6.10 Å². The maximum Gasteiger partial charge on any atom is 0.0963 e. The molecular formula is C11H15Cl2NO. The van der Waals surface area contributed by atoms with E-state index in [2.05, 4.69) is 5.32 Å². The van der Waals surface area contributed by atoms with Gasteiger partial charge in [0.2, 0.25) is 0 Å². The van der Waals surface area contributed by atoms with Gasteiger partial charge in [0.1, 0.15) is 0 Å². The number of rotatable bonds is 5. The fraction of sp³-hybridized carbons (Fsp3) is 0.455. The molecule has 84 valence electrons. The Morgan fingerprint density at radius 2 is 2.13 bits per heavy atom. The van der Waals surface area contributed by atoms with Gasteiger partial charge in [-0.05, 0) is 32.2 Å². The molecule has 1 atom stereocenters. The predicted molar refractivity (Wildman–Crippen MR) is 64.8 cm³/mol. The minimum atomic E-state index is -0.0498. The lowest BCUT2D eigenvalue weighted by atomic mass is 10.1. The maximum atomic E-state index is 6.10. The predicted octanol–water partition coefficient (Wildman–Crippen LogP) is 3.29. The number of nitrogens with one attached hydrogen (secondary N) is 1. The van der Waals surface area contributed by atoms with Crippen molar-refractivity contribution in [3.8, 4) is 0 Å². The first-order valence-corrected chi connectivity index (χ1v) is 5.65. The van der Waals surface area contributed by atoms with E-state index in [-0.39, 0.29) is 6.10 Å². The lowest BCUT2D eigenvalue weighted by Crippen LogP contribution is -2.20. The van der Waals surface area contributed by atoms with Crippen molar-refractivity contribution in [3.05, 3.63) is 33.8 Å². The third-order valence-electron chi connectivity index (χ3n) is 2.06. The van der Waals surface area contributed by atoms with Crippen LogP contribution in [0.1, 0.15) is 18.6 Å². The molecule has 0 saturated carbocycles. The summed E-state index contributed by atoms with van der Waals surface area (Å²) in [6, 6.07) is 5.41. The van der Waals surface area contributed by atoms with Crippen molar-refractivity contribution in [3.63, 3.8) is 0 Å². The zero-order valence-corrected chi connectivity index (χ0v) is 10.4. The summed E-state index contributed by atoms with van der Waals surface area (Å²) in [7, 11) is 1.88. The topological polar surface area (TPSA) is 21.3 Å². The van der Waals surface area contributed by atoms with E-state index in [1.165, 1.54) is 0 Å². The first-order chi connectivity index (χ1) is 7.19. The fourth-order valence-corrected chi connectivity index (χ4v) is 1.83. The second-order valence-corrected chi connectivity index (χ2v) is 4.01. The molecule has 0 bridgehead atoms. The zero-order valence-electron chi connectivity index (χ0n) is 8.89. The second-order valence-electron chi connectivity index (χ2n) is 3.17. The van der Waals surface area contributed by atoms with Crippen LogP contribution in [-0.2, 0) is 4.74 Å². The lowest BCUT2D eigenvalue weighted by Gasteiger charge is -2.18. The minimum Gasteiger partial charge on any atom is -0.372 e. The van der Waals surface area contributed by atoms with E-state index in [0.717, 1.165) is 5.56 Å². The molecule has 1 aromatic rings. The standard InChI is InChI=1S/C11H15Cl2NO/c1-3-15-11(7-14-2)9-6-8(12)4-5-10(9)13/h4-6,11,14H,3,7H2,1-2H3/t11-/m0/s1. The summed E-state index contributed by atoms with van der Waals surface area (Å²) in [5, 5.41) is 4.44. The number of ether oxygens (including phenoxy) is 1. The molecule has 0 aliphatic heterocycles. The Balaban J connectivity index is 2.93. The van der Waals surface area contributed by atoms with Gasteiger partial charge in [-0.15, -0.1) is 0 Å². The van der Waals surface area contributed by atoms with Crippen molar-refractivity contribution in [1.29, 1.82) is 0 Å². The number of benzene rings is 1. The van der Waals surface area contributed by atoms with Crippen LogP contribution in [0.2, 0.25) is 10.0 Å². The molecule has 0 aliphatic carbocycles. The van der Waals surface area contributed by atoms with Crippen LogP contribution in [0.5, 0.6) is 0 Å². The van der Waals surface area contributed by atoms with Crippen LogP contribution in [0.4, 0.5) is 0 Å². The van der Waals surface area contributed by atoms with Crippen molar-refractivity contribution >= 4 is 23.2 Å². The Hall–Kier alpha value is -0.280. The number of halogens is 2. The van der Waals surface area contributed by atoms with E-state index >= 15 is 0 Å². The number of hydrogen-bond donors (Lipinski definition) is 1. The first kappa shape index (κ1) is 12.8. The molecule has 0 aliphatic rings. The van der Waals surface area contributed by atoms with Crippen LogP contribution in [-0.4, -0.2) is 20.2 Å². The second kappa shape index (κ2) is 6.33.